The van der Waals surface area contributed by atoms with E-state index in [1.807, 2.05) is 30.3 Å². The smallest absolute Gasteiger partial charge is 0.406 e. The number of hydrogen-bond donors (Lipinski definition) is 1. The van der Waals surface area contributed by atoms with Crippen LogP contribution in [-0.4, -0.2) is 22.3 Å². The van der Waals surface area contributed by atoms with Crippen molar-refractivity contribution < 1.29 is 40.6 Å². The number of ether oxygens (including phenoxy) is 3. The first kappa shape index (κ1) is 28.8. The number of H-pyrrole nitrogens is 1. The lowest BCUT2D eigenvalue weighted by molar-refractivity contribution is -0.275. The molecule has 0 radical (unpaired) electrons. The third kappa shape index (κ3) is 7.52. The SMILES string of the molecule is O=c1[nH]c2cc(-c3ccc(COCc4cccc(OC(F)(F)F)c4)cc3)ccc2n1Cc1cccc(OC(F)(F)F)c1. The quantitative estimate of drug-likeness (QED) is 0.181. The van der Waals surface area contributed by atoms with Crippen LogP contribution in [0.25, 0.3) is 22.2 Å². The summed E-state index contributed by atoms with van der Waals surface area (Å²) in [5, 5.41) is 0. The Hall–Kier alpha value is -4.71. The first-order valence-corrected chi connectivity index (χ1v) is 12.5. The van der Waals surface area contributed by atoms with Crippen molar-refractivity contribution in [1.82, 2.24) is 9.55 Å². The number of halogens is 6. The van der Waals surface area contributed by atoms with E-state index < -0.39 is 18.4 Å². The highest BCUT2D eigenvalue weighted by Gasteiger charge is 2.31. The summed E-state index contributed by atoms with van der Waals surface area (Å²) in [5.74, 6) is -0.680. The lowest BCUT2D eigenvalue weighted by Gasteiger charge is -2.11. The Morgan fingerprint density at radius 2 is 1.21 bits per heavy atom. The van der Waals surface area contributed by atoms with Gasteiger partial charge in [0.2, 0.25) is 0 Å². The van der Waals surface area contributed by atoms with E-state index in [0.29, 0.717) is 22.2 Å². The molecule has 0 amide bonds. The van der Waals surface area contributed by atoms with Crippen LogP contribution in [0.1, 0.15) is 16.7 Å². The largest absolute Gasteiger partial charge is 0.573 e. The zero-order valence-corrected chi connectivity index (χ0v) is 21.6. The molecule has 1 N–H and O–H groups in total. The van der Waals surface area contributed by atoms with Crippen molar-refractivity contribution >= 4 is 11.0 Å². The van der Waals surface area contributed by atoms with Crippen LogP contribution < -0.4 is 15.2 Å². The molecular weight excluding hydrogens is 566 g/mol. The Labute approximate surface area is 234 Å². The summed E-state index contributed by atoms with van der Waals surface area (Å²) in [6.45, 7) is 0.369. The second-order valence-electron chi connectivity index (χ2n) is 9.33. The fourth-order valence-electron chi connectivity index (χ4n) is 4.44. The number of benzene rings is 4. The minimum Gasteiger partial charge on any atom is -0.406 e. The summed E-state index contributed by atoms with van der Waals surface area (Å²) in [7, 11) is 0. The van der Waals surface area contributed by atoms with Crippen LogP contribution in [0, 0.1) is 0 Å². The molecule has 1 aromatic heterocycles. The molecule has 0 spiro atoms. The molecule has 0 aliphatic rings. The van der Waals surface area contributed by atoms with Gasteiger partial charge >= 0.3 is 18.4 Å². The van der Waals surface area contributed by atoms with Gasteiger partial charge < -0.3 is 19.2 Å². The highest BCUT2D eigenvalue weighted by Crippen LogP contribution is 2.27. The van der Waals surface area contributed by atoms with E-state index in [9.17, 15) is 31.1 Å². The highest BCUT2D eigenvalue weighted by molar-refractivity contribution is 5.82. The van der Waals surface area contributed by atoms with Crippen molar-refractivity contribution in [3.63, 3.8) is 0 Å². The van der Waals surface area contributed by atoms with E-state index in [0.717, 1.165) is 16.7 Å². The third-order valence-corrected chi connectivity index (χ3v) is 6.20. The zero-order valence-electron chi connectivity index (χ0n) is 21.6. The first-order chi connectivity index (χ1) is 19.9. The van der Waals surface area contributed by atoms with Crippen molar-refractivity contribution in [3.8, 4) is 22.6 Å². The molecule has 5 rings (SSSR count). The molecule has 0 unspecified atom stereocenters. The molecular formula is C30H22F6N2O4. The highest BCUT2D eigenvalue weighted by atomic mass is 19.4. The lowest BCUT2D eigenvalue weighted by atomic mass is 10.0. The van der Waals surface area contributed by atoms with Gasteiger partial charge in [-0.2, -0.15) is 0 Å². The van der Waals surface area contributed by atoms with Gasteiger partial charge in [-0.3, -0.25) is 4.57 Å². The second-order valence-corrected chi connectivity index (χ2v) is 9.33. The molecule has 0 saturated carbocycles. The molecule has 1 heterocycles. The van der Waals surface area contributed by atoms with Crippen molar-refractivity contribution in [2.45, 2.75) is 32.5 Å². The van der Waals surface area contributed by atoms with Crippen molar-refractivity contribution in [2.75, 3.05) is 0 Å². The number of aromatic nitrogens is 2. The van der Waals surface area contributed by atoms with Crippen molar-refractivity contribution in [2.24, 2.45) is 0 Å². The number of rotatable bonds is 9. The van der Waals surface area contributed by atoms with Crippen molar-refractivity contribution in [1.29, 1.82) is 0 Å². The predicted octanol–water partition coefficient (Wildman–Crippen LogP) is 7.56. The maximum absolute atomic E-state index is 12.7. The van der Waals surface area contributed by atoms with Crippen LogP contribution in [0.5, 0.6) is 11.5 Å². The Morgan fingerprint density at radius 3 is 1.86 bits per heavy atom. The number of aromatic amines is 1. The monoisotopic (exact) mass is 588 g/mol. The van der Waals surface area contributed by atoms with Gasteiger partial charge in [0.05, 0.1) is 30.8 Å². The average molecular weight is 589 g/mol. The maximum Gasteiger partial charge on any atom is 0.573 e. The van der Waals surface area contributed by atoms with Gasteiger partial charge in [0.15, 0.2) is 0 Å². The Balaban J connectivity index is 1.24. The summed E-state index contributed by atoms with van der Waals surface area (Å²) in [4.78, 5) is 15.4. The Morgan fingerprint density at radius 1 is 0.643 bits per heavy atom. The normalized spacial score (nSPS) is 12.0. The van der Waals surface area contributed by atoms with Gasteiger partial charge in [0, 0.05) is 0 Å². The third-order valence-electron chi connectivity index (χ3n) is 6.20. The van der Waals surface area contributed by atoms with E-state index in [2.05, 4.69) is 14.5 Å². The molecule has 4 aromatic carbocycles. The fraction of sp³-hybridized carbons (Fsp3) is 0.167. The van der Waals surface area contributed by atoms with Crippen LogP contribution >= 0.6 is 0 Å². The van der Waals surface area contributed by atoms with Crippen LogP contribution in [0.15, 0.2) is 95.8 Å². The summed E-state index contributed by atoms with van der Waals surface area (Å²) >= 11 is 0. The first-order valence-electron chi connectivity index (χ1n) is 12.5. The number of nitrogens with one attached hydrogen (secondary N) is 1. The molecule has 6 nitrogen and oxygen atoms in total. The van der Waals surface area contributed by atoms with Gasteiger partial charge in [0.25, 0.3) is 0 Å². The molecule has 0 aliphatic heterocycles. The number of hydrogen-bond acceptors (Lipinski definition) is 4. The van der Waals surface area contributed by atoms with Gasteiger partial charge in [-0.15, -0.1) is 26.3 Å². The minimum atomic E-state index is -4.82. The van der Waals surface area contributed by atoms with Gasteiger partial charge in [-0.1, -0.05) is 54.6 Å². The average Bonchev–Trinajstić information content (AvgIpc) is 3.21. The van der Waals surface area contributed by atoms with Crippen LogP contribution in [0.2, 0.25) is 0 Å². The number of nitrogens with zero attached hydrogens (tertiary/aromatic N) is 1. The summed E-state index contributed by atoms with van der Waals surface area (Å²) < 4.78 is 90.0. The lowest BCUT2D eigenvalue weighted by Crippen LogP contribution is -2.18. The van der Waals surface area contributed by atoms with Gasteiger partial charge in [-0.05, 0) is 64.2 Å². The molecule has 0 atom stereocenters. The summed E-state index contributed by atoms with van der Waals surface area (Å²) in [6.07, 6.45) is -9.58. The molecule has 0 fully saturated rings. The molecule has 12 heteroatoms. The van der Waals surface area contributed by atoms with E-state index >= 15 is 0 Å². The minimum absolute atomic E-state index is 0.0432. The molecule has 0 bridgehead atoms. The van der Waals surface area contributed by atoms with Crippen LogP contribution in [0.3, 0.4) is 0 Å². The van der Waals surface area contributed by atoms with E-state index in [-0.39, 0.29) is 31.3 Å². The van der Waals surface area contributed by atoms with Crippen LogP contribution in [0.4, 0.5) is 26.3 Å². The summed E-state index contributed by atoms with van der Waals surface area (Å²) in [5.41, 5.74) is 4.26. The number of imidazole rings is 1. The number of alkyl halides is 6. The van der Waals surface area contributed by atoms with E-state index in [1.54, 1.807) is 24.3 Å². The molecule has 5 aromatic rings. The second kappa shape index (κ2) is 11.6. The molecule has 0 saturated heterocycles. The topological polar surface area (TPSA) is 65.5 Å². The van der Waals surface area contributed by atoms with Crippen LogP contribution in [-0.2, 0) is 24.5 Å². The summed E-state index contributed by atoms with van der Waals surface area (Å²) in [6, 6.07) is 23.9. The fourth-order valence-corrected chi connectivity index (χ4v) is 4.44. The molecule has 42 heavy (non-hydrogen) atoms. The van der Waals surface area contributed by atoms with Gasteiger partial charge in [-0.25, -0.2) is 4.79 Å². The Kier molecular flexibility index (Phi) is 7.99. The van der Waals surface area contributed by atoms with Gasteiger partial charge in [0.1, 0.15) is 11.5 Å². The predicted molar refractivity (Wildman–Crippen MR) is 142 cm³/mol. The van der Waals surface area contributed by atoms with E-state index in [1.165, 1.54) is 41.0 Å². The standard InChI is InChI=1S/C30H22F6N2O4/c31-29(32,33)41-24-5-1-3-20(13-24)16-38-27-12-11-23(15-26(27)37-28(38)39)22-9-7-19(8-10-22)17-40-18-21-4-2-6-25(14-21)42-30(34,35)36/h1-15H,16-18H2,(H,37,39). The van der Waals surface area contributed by atoms with E-state index in [4.69, 9.17) is 4.74 Å². The zero-order chi connectivity index (χ0) is 29.9. The maximum atomic E-state index is 12.7. The Bertz CT molecular complexity index is 1740. The molecule has 218 valence electrons. The van der Waals surface area contributed by atoms with Crippen molar-refractivity contribution in [3.05, 3.63) is 118 Å². The number of fused-ring (bicyclic) bond motifs is 1. The molecule has 0 aliphatic carbocycles.